The fourth-order valence-electron chi connectivity index (χ4n) is 0.457. The number of rotatable bonds is 0. The maximum absolute atomic E-state index is 12.4. The van der Waals surface area contributed by atoms with Gasteiger partial charge in [-0.15, -0.1) is 0 Å². The van der Waals surface area contributed by atoms with Gasteiger partial charge in [-0.05, 0) is 22.0 Å². The molecule has 0 radical (unpaired) electrons. The van der Waals surface area contributed by atoms with Crippen LogP contribution in [0.4, 0.5) is 14.6 Å². The van der Waals surface area contributed by atoms with Gasteiger partial charge >= 0.3 is 0 Å². The van der Waals surface area contributed by atoms with E-state index in [2.05, 4.69) is 20.9 Å². The molecule has 1 rings (SSSR count). The van der Waals surface area contributed by atoms with Crippen molar-refractivity contribution in [1.29, 1.82) is 0 Å². The fourth-order valence-corrected chi connectivity index (χ4v) is 0.747. The monoisotopic (exact) mass is 208 g/mol. The lowest BCUT2D eigenvalue weighted by Gasteiger charge is -1.95. The number of nitrogens with zero attached hydrogens (tertiary/aromatic N) is 1. The molecule has 0 saturated heterocycles. The summed E-state index contributed by atoms with van der Waals surface area (Å²) in [4.78, 5) is 3.06. The molecular formula is C5H3BrF2N2. The second-order valence-corrected chi connectivity index (χ2v) is 2.48. The Bertz CT molecular complexity index is 214. The number of hydrogen-bond acceptors (Lipinski definition) is 2. The number of nitrogens with two attached hydrogens (primary N) is 1. The summed E-state index contributed by atoms with van der Waals surface area (Å²) in [7, 11) is 0. The van der Waals surface area contributed by atoms with Crippen LogP contribution in [-0.2, 0) is 0 Å². The van der Waals surface area contributed by atoms with Crippen molar-refractivity contribution in [1.82, 2.24) is 4.98 Å². The molecule has 2 nitrogen and oxygen atoms in total. The molecular weight excluding hydrogens is 206 g/mol. The smallest absolute Gasteiger partial charge is 0.229 e. The van der Waals surface area contributed by atoms with Crippen LogP contribution in [0.3, 0.4) is 0 Å². The first-order valence-corrected chi connectivity index (χ1v) is 3.17. The van der Waals surface area contributed by atoms with E-state index in [1.807, 2.05) is 0 Å². The summed E-state index contributed by atoms with van der Waals surface area (Å²) in [6.45, 7) is 0. The topological polar surface area (TPSA) is 38.9 Å². The van der Waals surface area contributed by atoms with Gasteiger partial charge < -0.3 is 5.73 Å². The summed E-state index contributed by atoms with van der Waals surface area (Å²) in [6, 6.07) is 0.928. The maximum atomic E-state index is 12.4. The second-order valence-electron chi connectivity index (χ2n) is 1.63. The van der Waals surface area contributed by atoms with E-state index in [1.54, 1.807) is 0 Å². The van der Waals surface area contributed by atoms with Crippen LogP contribution in [0.2, 0.25) is 0 Å². The Kier molecular flexibility index (Phi) is 1.85. The van der Waals surface area contributed by atoms with Crippen LogP contribution in [-0.4, -0.2) is 4.98 Å². The molecule has 2 N–H and O–H groups in total. The molecule has 0 aliphatic carbocycles. The molecule has 0 aliphatic rings. The Morgan fingerprint density at radius 3 is 2.60 bits per heavy atom. The Morgan fingerprint density at radius 1 is 1.50 bits per heavy atom. The molecule has 5 heteroatoms. The molecule has 0 bridgehead atoms. The third kappa shape index (κ3) is 1.23. The van der Waals surface area contributed by atoms with Crippen LogP contribution < -0.4 is 5.73 Å². The van der Waals surface area contributed by atoms with Gasteiger partial charge in [0.25, 0.3) is 0 Å². The van der Waals surface area contributed by atoms with Crippen LogP contribution in [0.5, 0.6) is 0 Å². The van der Waals surface area contributed by atoms with Gasteiger partial charge in [-0.2, -0.15) is 9.37 Å². The highest BCUT2D eigenvalue weighted by Crippen LogP contribution is 2.17. The van der Waals surface area contributed by atoms with Crippen molar-refractivity contribution in [2.75, 3.05) is 5.73 Å². The van der Waals surface area contributed by atoms with Gasteiger partial charge in [0.2, 0.25) is 5.95 Å². The zero-order valence-corrected chi connectivity index (χ0v) is 6.32. The van der Waals surface area contributed by atoms with E-state index in [9.17, 15) is 8.78 Å². The van der Waals surface area contributed by atoms with Crippen molar-refractivity contribution >= 4 is 21.7 Å². The van der Waals surface area contributed by atoms with Crippen molar-refractivity contribution < 1.29 is 8.78 Å². The van der Waals surface area contributed by atoms with Crippen molar-refractivity contribution in [3.8, 4) is 0 Å². The largest absolute Gasteiger partial charge is 0.381 e. The van der Waals surface area contributed by atoms with Crippen LogP contribution in [0.1, 0.15) is 0 Å². The van der Waals surface area contributed by atoms with E-state index in [-0.39, 0.29) is 4.47 Å². The Labute approximate surface area is 64.2 Å². The maximum Gasteiger partial charge on any atom is 0.229 e. The van der Waals surface area contributed by atoms with Crippen LogP contribution in [0.15, 0.2) is 10.5 Å². The summed E-state index contributed by atoms with van der Waals surface area (Å²) in [5, 5.41) is 0. The standard InChI is InChI=1S/C5H3BrF2N2/c6-2-1-3(7)5(9)10-4(2)8/h1H,(H2,9,10). The highest BCUT2D eigenvalue weighted by atomic mass is 79.9. The molecule has 0 fully saturated rings. The predicted molar refractivity (Wildman–Crippen MR) is 36.3 cm³/mol. The van der Waals surface area contributed by atoms with E-state index in [4.69, 9.17) is 5.73 Å². The van der Waals surface area contributed by atoms with E-state index in [1.165, 1.54) is 0 Å². The van der Waals surface area contributed by atoms with E-state index in [0.717, 1.165) is 6.07 Å². The molecule has 1 aromatic rings. The lowest BCUT2D eigenvalue weighted by atomic mass is 10.4. The van der Waals surface area contributed by atoms with Gasteiger partial charge in [0.1, 0.15) is 0 Å². The Balaban J connectivity index is 3.28. The first-order valence-electron chi connectivity index (χ1n) is 2.38. The average Bonchev–Trinajstić information content (AvgIpc) is 1.84. The molecule has 0 atom stereocenters. The van der Waals surface area contributed by atoms with Crippen molar-refractivity contribution in [2.45, 2.75) is 0 Å². The normalized spacial score (nSPS) is 9.90. The molecule has 1 aromatic heterocycles. The third-order valence-electron chi connectivity index (χ3n) is 0.914. The van der Waals surface area contributed by atoms with Crippen LogP contribution in [0.25, 0.3) is 0 Å². The molecule has 0 aromatic carbocycles. The third-order valence-corrected chi connectivity index (χ3v) is 1.47. The molecule has 10 heavy (non-hydrogen) atoms. The van der Waals surface area contributed by atoms with E-state index in [0.29, 0.717) is 0 Å². The van der Waals surface area contributed by atoms with Gasteiger partial charge in [0.15, 0.2) is 11.6 Å². The number of aromatic nitrogens is 1. The second kappa shape index (κ2) is 2.49. The van der Waals surface area contributed by atoms with Crippen LogP contribution >= 0.6 is 15.9 Å². The SMILES string of the molecule is Nc1nc(F)c(Br)cc1F. The summed E-state index contributed by atoms with van der Waals surface area (Å²) in [5.41, 5.74) is 4.94. The highest BCUT2D eigenvalue weighted by molar-refractivity contribution is 9.10. The molecule has 0 amide bonds. The molecule has 54 valence electrons. The van der Waals surface area contributed by atoms with Crippen molar-refractivity contribution in [2.24, 2.45) is 0 Å². The lowest BCUT2D eigenvalue weighted by Crippen LogP contribution is -1.97. The van der Waals surface area contributed by atoms with Gasteiger partial charge in [-0.1, -0.05) is 0 Å². The molecule has 0 saturated carbocycles. The predicted octanol–water partition coefficient (Wildman–Crippen LogP) is 1.70. The first kappa shape index (κ1) is 7.40. The molecule has 1 heterocycles. The summed E-state index contributed by atoms with van der Waals surface area (Å²) >= 11 is 2.75. The highest BCUT2D eigenvalue weighted by Gasteiger charge is 2.05. The number of halogens is 3. The first-order chi connectivity index (χ1) is 4.61. The minimum Gasteiger partial charge on any atom is -0.381 e. The Morgan fingerprint density at radius 2 is 2.10 bits per heavy atom. The number of hydrogen-bond donors (Lipinski definition) is 1. The quantitative estimate of drug-likeness (QED) is 0.660. The zero-order valence-electron chi connectivity index (χ0n) is 4.74. The van der Waals surface area contributed by atoms with Crippen molar-refractivity contribution in [3.05, 3.63) is 22.3 Å². The van der Waals surface area contributed by atoms with Gasteiger partial charge in [-0.3, -0.25) is 0 Å². The number of pyridine rings is 1. The summed E-state index contributed by atoms with van der Waals surface area (Å²) in [6.07, 6.45) is 0. The molecule has 0 unspecified atom stereocenters. The average molecular weight is 209 g/mol. The van der Waals surface area contributed by atoms with Crippen LogP contribution in [0, 0.1) is 11.8 Å². The van der Waals surface area contributed by atoms with Crippen molar-refractivity contribution in [3.63, 3.8) is 0 Å². The summed E-state index contributed by atoms with van der Waals surface area (Å²) < 4.78 is 24.7. The minimum absolute atomic E-state index is 0.0285. The van der Waals surface area contributed by atoms with Gasteiger partial charge in [0.05, 0.1) is 4.47 Å². The minimum atomic E-state index is -0.807. The lowest BCUT2D eigenvalue weighted by molar-refractivity contribution is 0.558. The molecule has 0 spiro atoms. The number of nitrogen functional groups attached to an aromatic ring is 1. The number of anilines is 1. The summed E-state index contributed by atoms with van der Waals surface area (Å²) in [5.74, 6) is -1.96. The molecule has 0 aliphatic heterocycles. The fraction of sp³-hybridized carbons (Fsp3) is 0. The van der Waals surface area contributed by atoms with E-state index >= 15 is 0 Å². The zero-order chi connectivity index (χ0) is 7.72. The van der Waals surface area contributed by atoms with Gasteiger partial charge in [0, 0.05) is 0 Å². The Hall–Kier alpha value is -0.710. The van der Waals surface area contributed by atoms with Gasteiger partial charge in [-0.25, -0.2) is 4.39 Å². The van der Waals surface area contributed by atoms with E-state index < -0.39 is 17.6 Å².